The van der Waals surface area contributed by atoms with Crippen LogP contribution in [0.1, 0.15) is 15.9 Å². The molecule has 0 saturated heterocycles. The molecule has 2 aromatic carbocycles. The molecule has 2 N–H and O–H groups in total. The molecule has 3 nitrogen and oxygen atoms in total. The molecule has 2 aromatic rings. The Kier molecular flexibility index (Phi) is 4.45. The Bertz CT molecular complexity index is 616. The molecule has 5 heteroatoms. The fraction of sp³-hybridized carbons (Fsp3) is 0.0714. The minimum absolute atomic E-state index is 0.279. The van der Waals surface area contributed by atoms with Crippen molar-refractivity contribution in [2.75, 3.05) is 0 Å². The summed E-state index contributed by atoms with van der Waals surface area (Å²) in [7, 11) is 0. The SMILES string of the molecule is NC(=O)c1cc(Br)ccc1OCc1ccccc1Cl. The lowest BCUT2D eigenvalue weighted by atomic mass is 10.2. The number of ether oxygens (including phenoxy) is 1. The van der Waals surface area contributed by atoms with E-state index in [0.29, 0.717) is 16.3 Å². The summed E-state index contributed by atoms with van der Waals surface area (Å²) in [4.78, 5) is 11.3. The zero-order chi connectivity index (χ0) is 13.8. The van der Waals surface area contributed by atoms with E-state index >= 15 is 0 Å². The van der Waals surface area contributed by atoms with Gasteiger partial charge in [0.2, 0.25) is 0 Å². The maximum atomic E-state index is 11.3. The molecule has 19 heavy (non-hydrogen) atoms. The molecule has 0 aliphatic heterocycles. The highest BCUT2D eigenvalue weighted by Gasteiger charge is 2.10. The molecule has 2 rings (SSSR count). The molecule has 1 amide bonds. The van der Waals surface area contributed by atoms with Crippen LogP contribution < -0.4 is 10.5 Å². The largest absolute Gasteiger partial charge is 0.488 e. The number of carbonyl (C=O) groups is 1. The van der Waals surface area contributed by atoms with Crippen LogP contribution in [0.25, 0.3) is 0 Å². The van der Waals surface area contributed by atoms with Crippen LogP contribution in [0.4, 0.5) is 0 Å². The number of carbonyl (C=O) groups excluding carboxylic acids is 1. The first-order chi connectivity index (χ1) is 9.08. The van der Waals surface area contributed by atoms with Crippen molar-refractivity contribution in [1.29, 1.82) is 0 Å². The second-order valence-corrected chi connectivity index (χ2v) is 5.21. The lowest BCUT2D eigenvalue weighted by Crippen LogP contribution is -2.13. The molecular weight excluding hydrogens is 330 g/mol. The van der Waals surface area contributed by atoms with Gasteiger partial charge in [0, 0.05) is 15.1 Å². The van der Waals surface area contributed by atoms with Gasteiger partial charge in [-0.25, -0.2) is 0 Å². The van der Waals surface area contributed by atoms with Crippen LogP contribution in [0, 0.1) is 0 Å². The van der Waals surface area contributed by atoms with E-state index in [4.69, 9.17) is 22.1 Å². The normalized spacial score (nSPS) is 10.2. The molecule has 0 aromatic heterocycles. The van der Waals surface area contributed by atoms with Crippen molar-refractivity contribution in [2.24, 2.45) is 5.73 Å². The number of hydrogen-bond donors (Lipinski definition) is 1. The third-order valence-corrected chi connectivity index (χ3v) is 3.41. The molecule has 0 radical (unpaired) electrons. The topological polar surface area (TPSA) is 52.3 Å². The van der Waals surface area contributed by atoms with Crippen LogP contribution in [0.3, 0.4) is 0 Å². The van der Waals surface area contributed by atoms with E-state index in [1.165, 1.54) is 0 Å². The van der Waals surface area contributed by atoms with Crippen molar-refractivity contribution in [2.45, 2.75) is 6.61 Å². The summed E-state index contributed by atoms with van der Waals surface area (Å²) < 4.78 is 6.38. The average Bonchev–Trinajstić information content (AvgIpc) is 2.38. The lowest BCUT2D eigenvalue weighted by Gasteiger charge is -2.11. The van der Waals surface area contributed by atoms with Gasteiger partial charge in [-0.2, -0.15) is 0 Å². The van der Waals surface area contributed by atoms with Crippen LogP contribution in [0.2, 0.25) is 5.02 Å². The van der Waals surface area contributed by atoms with Crippen molar-refractivity contribution < 1.29 is 9.53 Å². The molecular formula is C14H11BrClNO2. The van der Waals surface area contributed by atoms with Gasteiger partial charge in [0.15, 0.2) is 0 Å². The number of benzene rings is 2. The maximum absolute atomic E-state index is 11.3. The number of primary amides is 1. The van der Waals surface area contributed by atoms with E-state index in [2.05, 4.69) is 15.9 Å². The Labute approximate surface area is 124 Å². The van der Waals surface area contributed by atoms with Gasteiger partial charge in [0.25, 0.3) is 5.91 Å². The molecule has 0 unspecified atom stereocenters. The summed E-state index contributed by atoms with van der Waals surface area (Å²) in [6.45, 7) is 0.279. The summed E-state index contributed by atoms with van der Waals surface area (Å²) in [6, 6.07) is 12.5. The summed E-state index contributed by atoms with van der Waals surface area (Å²) in [5.74, 6) is -0.0916. The molecule has 0 saturated carbocycles. The average molecular weight is 341 g/mol. The summed E-state index contributed by atoms with van der Waals surface area (Å²) in [6.07, 6.45) is 0. The quantitative estimate of drug-likeness (QED) is 0.921. The predicted octanol–water partition coefficient (Wildman–Crippen LogP) is 3.78. The number of amides is 1. The third kappa shape index (κ3) is 3.49. The van der Waals surface area contributed by atoms with Crippen molar-refractivity contribution in [3.05, 3.63) is 63.1 Å². The Balaban J connectivity index is 2.20. The number of nitrogens with two attached hydrogens (primary N) is 1. The van der Waals surface area contributed by atoms with E-state index in [9.17, 15) is 4.79 Å². The maximum Gasteiger partial charge on any atom is 0.252 e. The fourth-order valence-electron chi connectivity index (χ4n) is 1.59. The molecule has 0 bridgehead atoms. The van der Waals surface area contributed by atoms with Crippen LogP contribution in [0.15, 0.2) is 46.9 Å². The number of hydrogen-bond acceptors (Lipinski definition) is 2. The van der Waals surface area contributed by atoms with Crippen molar-refractivity contribution in [1.82, 2.24) is 0 Å². The third-order valence-electron chi connectivity index (χ3n) is 2.55. The minimum Gasteiger partial charge on any atom is -0.488 e. The molecule has 0 spiro atoms. The number of rotatable bonds is 4. The van der Waals surface area contributed by atoms with Crippen molar-refractivity contribution >= 4 is 33.4 Å². The number of halogens is 2. The minimum atomic E-state index is -0.532. The summed E-state index contributed by atoms with van der Waals surface area (Å²) in [5, 5.41) is 0.625. The Hall–Kier alpha value is -1.52. The Morgan fingerprint density at radius 3 is 2.68 bits per heavy atom. The second kappa shape index (κ2) is 6.08. The van der Waals surface area contributed by atoms with Gasteiger partial charge < -0.3 is 10.5 Å². The van der Waals surface area contributed by atoms with Crippen LogP contribution >= 0.6 is 27.5 Å². The monoisotopic (exact) mass is 339 g/mol. The summed E-state index contributed by atoms with van der Waals surface area (Å²) in [5.41, 5.74) is 6.50. The molecule has 98 valence electrons. The standard InChI is InChI=1S/C14H11BrClNO2/c15-10-5-6-13(11(7-10)14(17)18)19-8-9-3-1-2-4-12(9)16/h1-7H,8H2,(H2,17,18). The molecule has 0 heterocycles. The van der Waals surface area contributed by atoms with Crippen LogP contribution in [-0.2, 0) is 6.61 Å². The van der Waals surface area contributed by atoms with Crippen LogP contribution in [0.5, 0.6) is 5.75 Å². The lowest BCUT2D eigenvalue weighted by molar-refractivity contribution is 0.0996. The van der Waals surface area contributed by atoms with Gasteiger partial charge in [-0.3, -0.25) is 4.79 Å². The van der Waals surface area contributed by atoms with Crippen molar-refractivity contribution in [3.8, 4) is 5.75 Å². The van der Waals surface area contributed by atoms with Gasteiger partial charge in [-0.15, -0.1) is 0 Å². The van der Waals surface area contributed by atoms with Gasteiger partial charge in [0.1, 0.15) is 12.4 Å². The smallest absolute Gasteiger partial charge is 0.252 e. The highest BCUT2D eigenvalue weighted by molar-refractivity contribution is 9.10. The Morgan fingerprint density at radius 1 is 1.26 bits per heavy atom. The second-order valence-electron chi connectivity index (χ2n) is 3.88. The van der Waals surface area contributed by atoms with Crippen molar-refractivity contribution in [3.63, 3.8) is 0 Å². The highest BCUT2D eigenvalue weighted by atomic mass is 79.9. The zero-order valence-electron chi connectivity index (χ0n) is 9.90. The van der Waals surface area contributed by atoms with E-state index in [1.54, 1.807) is 24.3 Å². The molecule has 0 aliphatic rings. The summed E-state index contributed by atoms with van der Waals surface area (Å²) >= 11 is 9.33. The molecule has 0 fully saturated rings. The first-order valence-electron chi connectivity index (χ1n) is 5.53. The first kappa shape index (κ1) is 13.9. The fourth-order valence-corrected chi connectivity index (χ4v) is 2.14. The Morgan fingerprint density at radius 2 is 2.00 bits per heavy atom. The van der Waals surface area contributed by atoms with Crippen LogP contribution in [-0.4, -0.2) is 5.91 Å². The van der Waals surface area contributed by atoms with E-state index in [0.717, 1.165) is 10.0 Å². The first-order valence-corrected chi connectivity index (χ1v) is 6.70. The molecule has 0 atom stereocenters. The highest BCUT2D eigenvalue weighted by Crippen LogP contribution is 2.25. The zero-order valence-corrected chi connectivity index (χ0v) is 12.2. The van der Waals surface area contributed by atoms with Gasteiger partial charge >= 0.3 is 0 Å². The van der Waals surface area contributed by atoms with Gasteiger partial charge in [-0.1, -0.05) is 45.7 Å². The van der Waals surface area contributed by atoms with Gasteiger partial charge in [-0.05, 0) is 24.3 Å². The van der Waals surface area contributed by atoms with Gasteiger partial charge in [0.05, 0.1) is 5.56 Å². The predicted molar refractivity (Wildman–Crippen MR) is 78.4 cm³/mol. The van der Waals surface area contributed by atoms with E-state index in [1.807, 2.05) is 18.2 Å². The van der Waals surface area contributed by atoms with E-state index in [-0.39, 0.29) is 6.61 Å². The molecule has 0 aliphatic carbocycles. The van der Waals surface area contributed by atoms with E-state index < -0.39 is 5.91 Å².